The number of nitrogens with one attached hydrogen (secondary N) is 1. The van der Waals surface area contributed by atoms with Crippen molar-refractivity contribution in [2.75, 3.05) is 19.7 Å². The van der Waals surface area contributed by atoms with Crippen molar-refractivity contribution in [3.05, 3.63) is 30.1 Å². The fourth-order valence-electron chi connectivity index (χ4n) is 1.69. The van der Waals surface area contributed by atoms with Crippen molar-refractivity contribution in [1.82, 2.24) is 15.4 Å². The summed E-state index contributed by atoms with van der Waals surface area (Å²) in [6.07, 6.45) is 4.98. The van der Waals surface area contributed by atoms with Gasteiger partial charge in [-0.25, -0.2) is 0 Å². The van der Waals surface area contributed by atoms with Crippen LogP contribution < -0.4 is 5.32 Å². The minimum atomic E-state index is 0.0531. The van der Waals surface area contributed by atoms with E-state index in [1.165, 1.54) is 0 Å². The van der Waals surface area contributed by atoms with Crippen LogP contribution in [0.5, 0.6) is 0 Å². The van der Waals surface area contributed by atoms with Crippen molar-refractivity contribution in [1.29, 1.82) is 0 Å². The zero-order chi connectivity index (χ0) is 11.9. The van der Waals surface area contributed by atoms with Crippen LogP contribution in [0, 0.1) is 0 Å². The first-order valence-electron chi connectivity index (χ1n) is 5.88. The van der Waals surface area contributed by atoms with Crippen molar-refractivity contribution < 1.29 is 9.63 Å². The summed E-state index contributed by atoms with van der Waals surface area (Å²) in [5.41, 5.74) is 1.06. The predicted molar refractivity (Wildman–Crippen MR) is 62.8 cm³/mol. The van der Waals surface area contributed by atoms with E-state index in [9.17, 15) is 4.79 Å². The first-order chi connectivity index (χ1) is 8.34. The van der Waals surface area contributed by atoms with Gasteiger partial charge in [0.1, 0.15) is 0 Å². The van der Waals surface area contributed by atoms with Crippen LogP contribution in [-0.4, -0.2) is 35.7 Å². The minimum absolute atomic E-state index is 0.0531. The lowest BCUT2D eigenvalue weighted by atomic mass is 10.2. The van der Waals surface area contributed by atoms with Gasteiger partial charge in [-0.1, -0.05) is 0 Å². The maximum Gasteiger partial charge on any atom is 0.221 e. The van der Waals surface area contributed by atoms with Crippen LogP contribution in [0.1, 0.15) is 18.4 Å². The van der Waals surface area contributed by atoms with E-state index in [0.717, 1.165) is 25.1 Å². The van der Waals surface area contributed by atoms with Gasteiger partial charge in [-0.2, -0.15) is 5.06 Å². The summed E-state index contributed by atoms with van der Waals surface area (Å²) < 4.78 is 0. The molecule has 17 heavy (non-hydrogen) atoms. The number of aromatic nitrogens is 1. The molecule has 1 fully saturated rings. The molecule has 5 nitrogen and oxygen atoms in total. The lowest BCUT2D eigenvalue weighted by molar-refractivity contribution is -0.130. The summed E-state index contributed by atoms with van der Waals surface area (Å²) in [4.78, 5) is 20.8. The van der Waals surface area contributed by atoms with Gasteiger partial charge in [0.25, 0.3) is 0 Å². The Kier molecular flexibility index (Phi) is 4.46. The van der Waals surface area contributed by atoms with E-state index in [0.29, 0.717) is 19.5 Å². The zero-order valence-corrected chi connectivity index (χ0v) is 9.76. The molecule has 5 heteroatoms. The number of carbonyl (C=O) groups is 1. The molecule has 1 aliphatic heterocycles. The molecule has 2 rings (SSSR count). The standard InChI is InChI=1S/C12H17N3O2/c16-12(4-8-15-7-1-9-17-15)14-10-11-2-5-13-6-3-11/h2-3,5-6H,1,4,7-10H2,(H,14,16). The number of hydrogen-bond donors (Lipinski definition) is 1. The predicted octanol–water partition coefficient (Wildman–Crippen LogP) is 0.725. The van der Waals surface area contributed by atoms with E-state index in [1.54, 1.807) is 12.4 Å². The number of nitrogens with zero attached hydrogens (tertiary/aromatic N) is 2. The van der Waals surface area contributed by atoms with Gasteiger partial charge in [-0.05, 0) is 24.1 Å². The quantitative estimate of drug-likeness (QED) is 0.817. The van der Waals surface area contributed by atoms with E-state index < -0.39 is 0 Å². The molecule has 0 radical (unpaired) electrons. The summed E-state index contributed by atoms with van der Waals surface area (Å²) in [7, 11) is 0. The fraction of sp³-hybridized carbons (Fsp3) is 0.500. The third-order valence-corrected chi connectivity index (χ3v) is 2.65. The Balaban J connectivity index is 1.64. The molecule has 0 atom stereocenters. The second kappa shape index (κ2) is 6.32. The molecule has 1 aliphatic rings. The number of hydrogen-bond acceptors (Lipinski definition) is 4. The van der Waals surface area contributed by atoms with Crippen molar-refractivity contribution in [3.8, 4) is 0 Å². The van der Waals surface area contributed by atoms with Gasteiger partial charge in [-0.15, -0.1) is 0 Å². The third-order valence-electron chi connectivity index (χ3n) is 2.65. The molecule has 0 unspecified atom stereocenters. The number of carbonyl (C=O) groups excluding carboxylic acids is 1. The molecule has 0 saturated carbocycles. The molecule has 1 aromatic rings. The van der Waals surface area contributed by atoms with Crippen LogP contribution in [0.25, 0.3) is 0 Å². The molecule has 0 aliphatic carbocycles. The van der Waals surface area contributed by atoms with E-state index in [4.69, 9.17) is 4.84 Å². The maximum absolute atomic E-state index is 11.6. The van der Waals surface area contributed by atoms with Gasteiger partial charge in [0.05, 0.1) is 6.61 Å². The highest BCUT2D eigenvalue weighted by Gasteiger charge is 2.13. The zero-order valence-electron chi connectivity index (χ0n) is 9.76. The SMILES string of the molecule is O=C(CCN1CCCO1)NCc1ccncc1. The summed E-state index contributed by atoms with van der Waals surface area (Å²) in [6.45, 7) is 2.93. The molecule has 1 saturated heterocycles. The highest BCUT2D eigenvalue weighted by atomic mass is 16.7. The first kappa shape index (κ1) is 12.0. The molecular formula is C12H17N3O2. The van der Waals surface area contributed by atoms with E-state index >= 15 is 0 Å². The van der Waals surface area contributed by atoms with Crippen LogP contribution in [0.15, 0.2) is 24.5 Å². The largest absolute Gasteiger partial charge is 0.352 e. The van der Waals surface area contributed by atoms with Gasteiger partial charge < -0.3 is 5.32 Å². The number of hydroxylamine groups is 2. The number of amides is 1. The fourth-order valence-corrected chi connectivity index (χ4v) is 1.69. The van der Waals surface area contributed by atoms with Crippen LogP contribution in [0.2, 0.25) is 0 Å². The Hall–Kier alpha value is -1.46. The molecule has 92 valence electrons. The second-order valence-corrected chi connectivity index (χ2v) is 4.00. The van der Waals surface area contributed by atoms with Crippen LogP contribution in [0.3, 0.4) is 0 Å². The molecule has 1 N–H and O–H groups in total. The van der Waals surface area contributed by atoms with Gasteiger partial charge >= 0.3 is 0 Å². The summed E-state index contributed by atoms with van der Waals surface area (Å²) >= 11 is 0. The maximum atomic E-state index is 11.6. The third kappa shape index (κ3) is 4.13. The van der Waals surface area contributed by atoms with E-state index in [1.807, 2.05) is 17.2 Å². The highest BCUT2D eigenvalue weighted by molar-refractivity contribution is 5.76. The van der Waals surface area contributed by atoms with Gasteiger partial charge in [-0.3, -0.25) is 14.6 Å². The molecular weight excluding hydrogens is 218 g/mol. The number of pyridine rings is 1. The molecule has 1 amide bonds. The lowest BCUT2D eigenvalue weighted by Crippen LogP contribution is -2.28. The lowest BCUT2D eigenvalue weighted by Gasteiger charge is -2.12. The Morgan fingerprint density at radius 3 is 3.00 bits per heavy atom. The molecule has 2 heterocycles. The Labute approximate surface area is 101 Å². The van der Waals surface area contributed by atoms with Crippen molar-refractivity contribution in [2.24, 2.45) is 0 Å². The topological polar surface area (TPSA) is 54.5 Å². The van der Waals surface area contributed by atoms with Gasteiger partial charge in [0.15, 0.2) is 0 Å². The molecule has 1 aromatic heterocycles. The average Bonchev–Trinajstić information content (AvgIpc) is 2.88. The first-order valence-corrected chi connectivity index (χ1v) is 5.88. The average molecular weight is 235 g/mol. The second-order valence-electron chi connectivity index (χ2n) is 4.00. The van der Waals surface area contributed by atoms with Crippen molar-refractivity contribution in [2.45, 2.75) is 19.4 Å². The Morgan fingerprint density at radius 1 is 1.47 bits per heavy atom. The number of rotatable bonds is 5. The van der Waals surface area contributed by atoms with Crippen LogP contribution in [-0.2, 0) is 16.2 Å². The van der Waals surface area contributed by atoms with Crippen molar-refractivity contribution in [3.63, 3.8) is 0 Å². The highest BCUT2D eigenvalue weighted by Crippen LogP contribution is 2.04. The van der Waals surface area contributed by atoms with Gasteiger partial charge in [0, 0.05) is 38.4 Å². The summed E-state index contributed by atoms with van der Waals surface area (Å²) in [5.74, 6) is 0.0531. The Bertz CT molecular complexity index is 350. The van der Waals surface area contributed by atoms with Crippen LogP contribution >= 0.6 is 0 Å². The van der Waals surface area contributed by atoms with E-state index in [2.05, 4.69) is 10.3 Å². The minimum Gasteiger partial charge on any atom is -0.352 e. The van der Waals surface area contributed by atoms with E-state index in [-0.39, 0.29) is 5.91 Å². The summed E-state index contributed by atoms with van der Waals surface area (Å²) in [5, 5.41) is 4.73. The smallest absolute Gasteiger partial charge is 0.221 e. The van der Waals surface area contributed by atoms with Crippen LogP contribution in [0.4, 0.5) is 0 Å². The van der Waals surface area contributed by atoms with Crippen molar-refractivity contribution >= 4 is 5.91 Å². The monoisotopic (exact) mass is 235 g/mol. The molecule has 0 aromatic carbocycles. The summed E-state index contributed by atoms with van der Waals surface area (Å²) in [6, 6.07) is 3.79. The normalized spacial score (nSPS) is 16.0. The van der Waals surface area contributed by atoms with Gasteiger partial charge in [0.2, 0.25) is 5.91 Å². The Morgan fingerprint density at radius 2 is 2.29 bits per heavy atom. The molecule has 0 spiro atoms. The molecule has 0 bridgehead atoms.